The largest absolute Gasteiger partial charge is 0.301 e. The van der Waals surface area contributed by atoms with Crippen LogP contribution in [0.2, 0.25) is 5.02 Å². The van der Waals surface area contributed by atoms with Gasteiger partial charge in [0.15, 0.2) is 0 Å². The Morgan fingerprint density at radius 1 is 1.53 bits per heavy atom. The lowest BCUT2D eigenvalue weighted by Gasteiger charge is -2.01. The Balaban J connectivity index is 2.39. The minimum absolute atomic E-state index is 0.0666. The molecule has 0 spiro atoms. The Morgan fingerprint density at radius 2 is 2.29 bits per heavy atom. The van der Waals surface area contributed by atoms with E-state index in [-0.39, 0.29) is 10.7 Å². The van der Waals surface area contributed by atoms with E-state index in [0.717, 1.165) is 4.90 Å². The molecule has 0 saturated carbocycles. The molecule has 88 valence electrons. The molecular formula is C10H8ClN3O2S. The smallest absolute Gasteiger partial charge is 0.275 e. The summed E-state index contributed by atoms with van der Waals surface area (Å²) >= 11 is 7.09. The molecule has 0 bridgehead atoms. The van der Waals surface area contributed by atoms with Crippen LogP contribution in [0.5, 0.6) is 0 Å². The van der Waals surface area contributed by atoms with Gasteiger partial charge in [-0.15, -0.1) is 0 Å². The molecule has 0 aliphatic rings. The van der Waals surface area contributed by atoms with E-state index in [1.54, 1.807) is 36.3 Å². The number of aryl methyl sites for hydroxylation is 1. The number of benzene rings is 1. The molecule has 0 saturated heterocycles. The molecule has 0 amide bonds. The zero-order chi connectivity index (χ0) is 12.4. The van der Waals surface area contributed by atoms with Gasteiger partial charge in [-0.3, -0.25) is 14.8 Å². The van der Waals surface area contributed by atoms with E-state index >= 15 is 0 Å². The molecule has 1 aromatic carbocycles. The van der Waals surface area contributed by atoms with Crippen LogP contribution in [-0.4, -0.2) is 14.7 Å². The molecule has 17 heavy (non-hydrogen) atoms. The molecule has 0 radical (unpaired) electrons. The summed E-state index contributed by atoms with van der Waals surface area (Å²) in [5, 5.41) is 15.1. The van der Waals surface area contributed by atoms with Crippen LogP contribution in [0.4, 0.5) is 5.69 Å². The number of rotatable bonds is 3. The van der Waals surface area contributed by atoms with Crippen LogP contribution in [0, 0.1) is 10.1 Å². The van der Waals surface area contributed by atoms with E-state index in [9.17, 15) is 10.1 Å². The van der Waals surface area contributed by atoms with E-state index < -0.39 is 4.92 Å². The van der Waals surface area contributed by atoms with E-state index in [1.165, 1.54) is 17.8 Å². The lowest BCUT2D eigenvalue weighted by atomic mass is 10.3. The highest BCUT2D eigenvalue weighted by molar-refractivity contribution is 7.99. The molecule has 0 aliphatic heterocycles. The maximum Gasteiger partial charge on any atom is 0.301 e. The lowest BCUT2D eigenvalue weighted by molar-refractivity contribution is -0.387. The fourth-order valence-corrected chi connectivity index (χ4v) is 2.62. The number of nitro benzene ring substituents is 1. The molecular weight excluding hydrogens is 262 g/mol. The van der Waals surface area contributed by atoms with Crippen molar-refractivity contribution >= 4 is 29.1 Å². The van der Waals surface area contributed by atoms with Gasteiger partial charge in [-0.25, -0.2) is 0 Å². The van der Waals surface area contributed by atoms with Gasteiger partial charge < -0.3 is 0 Å². The molecule has 5 nitrogen and oxygen atoms in total. The third kappa shape index (κ3) is 2.59. The molecule has 7 heteroatoms. The van der Waals surface area contributed by atoms with Crippen LogP contribution >= 0.6 is 23.4 Å². The first-order chi connectivity index (χ1) is 8.08. The summed E-state index contributed by atoms with van der Waals surface area (Å²) in [6.45, 7) is 0. The first kappa shape index (κ1) is 11.9. The zero-order valence-corrected chi connectivity index (χ0v) is 10.4. The van der Waals surface area contributed by atoms with Crippen LogP contribution in [0.25, 0.3) is 0 Å². The van der Waals surface area contributed by atoms with Gasteiger partial charge in [0.05, 0.1) is 20.9 Å². The second kappa shape index (κ2) is 4.77. The summed E-state index contributed by atoms with van der Waals surface area (Å²) in [4.78, 5) is 11.8. The first-order valence-corrected chi connectivity index (χ1v) is 5.87. The Kier molecular flexibility index (Phi) is 3.35. The van der Waals surface area contributed by atoms with Gasteiger partial charge >= 0.3 is 5.69 Å². The highest BCUT2D eigenvalue weighted by Gasteiger charge is 2.19. The van der Waals surface area contributed by atoms with Crippen LogP contribution in [0.3, 0.4) is 0 Å². The summed E-state index contributed by atoms with van der Waals surface area (Å²) in [6.07, 6.45) is 3.44. The van der Waals surface area contributed by atoms with Crippen molar-refractivity contribution < 1.29 is 4.92 Å². The van der Waals surface area contributed by atoms with Gasteiger partial charge in [-0.2, -0.15) is 5.10 Å². The quantitative estimate of drug-likeness (QED) is 0.634. The molecule has 0 N–H and O–H groups in total. The highest BCUT2D eigenvalue weighted by Crippen LogP contribution is 2.38. The van der Waals surface area contributed by atoms with Crippen molar-refractivity contribution in [3.8, 4) is 0 Å². The number of nitrogens with zero attached hydrogens (tertiary/aromatic N) is 3. The van der Waals surface area contributed by atoms with Crippen molar-refractivity contribution in [3.63, 3.8) is 0 Å². The molecule has 0 aliphatic carbocycles. The lowest BCUT2D eigenvalue weighted by Crippen LogP contribution is -1.91. The third-order valence-corrected chi connectivity index (χ3v) is 3.34. The summed E-state index contributed by atoms with van der Waals surface area (Å²) < 4.78 is 1.64. The van der Waals surface area contributed by atoms with Crippen LogP contribution < -0.4 is 0 Å². The molecule has 1 aromatic heterocycles. The fourth-order valence-electron chi connectivity index (χ4n) is 1.33. The average molecular weight is 270 g/mol. The van der Waals surface area contributed by atoms with Gasteiger partial charge in [0.25, 0.3) is 0 Å². The second-order valence-electron chi connectivity index (χ2n) is 3.30. The molecule has 2 aromatic rings. The number of hydrogen-bond donors (Lipinski definition) is 0. The average Bonchev–Trinajstić information content (AvgIpc) is 2.63. The van der Waals surface area contributed by atoms with Crippen molar-refractivity contribution in [2.24, 2.45) is 7.05 Å². The monoisotopic (exact) mass is 269 g/mol. The van der Waals surface area contributed by atoms with Gasteiger partial charge in [0.1, 0.15) is 5.02 Å². The fraction of sp³-hybridized carbons (Fsp3) is 0.100. The predicted molar refractivity (Wildman–Crippen MR) is 65.4 cm³/mol. The van der Waals surface area contributed by atoms with Crippen molar-refractivity contribution in [1.82, 2.24) is 9.78 Å². The number of aromatic nitrogens is 2. The molecule has 1 heterocycles. The number of para-hydroxylation sites is 1. The minimum atomic E-state index is -0.471. The van der Waals surface area contributed by atoms with Crippen LogP contribution in [0.15, 0.2) is 40.4 Å². The van der Waals surface area contributed by atoms with Crippen molar-refractivity contribution in [1.29, 1.82) is 0 Å². The Bertz CT molecular complexity index is 570. The van der Waals surface area contributed by atoms with E-state index in [4.69, 9.17) is 11.6 Å². The second-order valence-corrected chi connectivity index (χ2v) is 4.82. The van der Waals surface area contributed by atoms with Crippen LogP contribution in [-0.2, 0) is 7.05 Å². The standard InChI is InChI=1S/C10H8ClN3O2S/c1-13-6-7(5-12-13)17-9-4-2-3-8(11)10(9)14(15)16/h2-6H,1H3. The summed E-state index contributed by atoms with van der Waals surface area (Å²) in [5.74, 6) is 0. The van der Waals surface area contributed by atoms with Gasteiger partial charge in [0.2, 0.25) is 0 Å². The SMILES string of the molecule is Cn1cc(Sc2cccc(Cl)c2[N+](=O)[O-])cn1. The molecule has 0 atom stereocenters. The van der Waals surface area contributed by atoms with E-state index in [2.05, 4.69) is 5.10 Å². The number of hydrogen-bond acceptors (Lipinski definition) is 4. The zero-order valence-electron chi connectivity index (χ0n) is 8.83. The highest BCUT2D eigenvalue weighted by atomic mass is 35.5. The number of halogens is 1. The Hall–Kier alpha value is -1.53. The summed E-state index contributed by atoms with van der Waals surface area (Å²) in [5.41, 5.74) is -0.0666. The Labute approximate surface area is 107 Å². The predicted octanol–water partition coefficient (Wildman–Crippen LogP) is 3.13. The van der Waals surface area contributed by atoms with Gasteiger partial charge in [0, 0.05) is 13.2 Å². The van der Waals surface area contributed by atoms with Gasteiger partial charge in [-0.05, 0) is 12.1 Å². The number of nitro groups is 1. The molecule has 0 unspecified atom stereocenters. The molecule has 0 fully saturated rings. The maximum absolute atomic E-state index is 10.9. The van der Waals surface area contributed by atoms with Crippen molar-refractivity contribution in [2.45, 2.75) is 9.79 Å². The molecule has 2 rings (SSSR count). The van der Waals surface area contributed by atoms with Gasteiger partial charge in [-0.1, -0.05) is 29.4 Å². The van der Waals surface area contributed by atoms with Crippen LogP contribution in [0.1, 0.15) is 0 Å². The topological polar surface area (TPSA) is 61.0 Å². The summed E-state index contributed by atoms with van der Waals surface area (Å²) in [7, 11) is 1.79. The normalized spacial score (nSPS) is 10.5. The first-order valence-electron chi connectivity index (χ1n) is 4.67. The third-order valence-electron chi connectivity index (χ3n) is 2.04. The minimum Gasteiger partial charge on any atom is -0.275 e. The van der Waals surface area contributed by atoms with Crippen molar-refractivity contribution in [3.05, 3.63) is 45.7 Å². The van der Waals surface area contributed by atoms with E-state index in [0.29, 0.717) is 4.90 Å². The van der Waals surface area contributed by atoms with E-state index in [1.807, 2.05) is 0 Å². The van der Waals surface area contributed by atoms with Crippen molar-refractivity contribution in [2.75, 3.05) is 0 Å². The Morgan fingerprint density at radius 3 is 2.88 bits per heavy atom. The maximum atomic E-state index is 10.9. The summed E-state index contributed by atoms with van der Waals surface area (Å²) in [6, 6.07) is 4.86.